The Morgan fingerprint density at radius 1 is 1.22 bits per heavy atom. The molecule has 0 spiro atoms. The lowest BCUT2D eigenvalue weighted by atomic mass is 9.99. The Kier molecular flexibility index (Phi) is 3.75. The summed E-state index contributed by atoms with van der Waals surface area (Å²) < 4.78 is 0. The SMILES string of the molecule is CC1CN(C(=O)N2CCC(CO)C2)CC1C(=O)O. The zero-order chi connectivity index (χ0) is 13.3. The first-order chi connectivity index (χ1) is 8.52. The van der Waals surface area contributed by atoms with Gasteiger partial charge in [0.15, 0.2) is 0 Å². The molecule has 0 aromatic rings. The molecule has 2 amide bonds. The average molecular weight is 256 g/mol. The van der Waals surface area contributed by atoms with Gasteiger partial charge in [-0.05, 0) is 12.3 Å². The number of aliphatic carboxylic acids is 1. The number of nitrogens with zero attached hydrogens (tertiary/aromatic N) is 2. The molecule has 2 aliphatic rings. The Balaban J connectivity index is 1.93. The summed E-state index contributed by atoms with van der Waals surface area (Å²) in [6.45, 7) is 4.03. The number of urea groups is 1. The van der Waals surface area contributed by atoms with E-state index < -0.39 is 11.9 Å². The number of hydrogen-bond donors (Lipinski definition) is 2. The molecule has 2 rings (SSSR count). The van der Waals surface area contributed by atoms with Gasteiger partial charge in [-0.3, -0.25) is 4.79 Å². The quantitative estimate of drug-likeness (QED) is 0.732. The van der Waals surface area contributed by atoms with Crippen molar-refractivity contribution in [1.82, 2.24) is 9.80 Å². The molecule has 2 saturated heterocycles. The lowest BCUT2D eigenvalue weighted by molar-refractivity contribution is -0.142. The molecule has 6 nitrogen and oxygen atoms in total. The predicted molar refractivity (Wildman–Crippen MR) is 64.0 cm³/mol. The summed E-state index contributed by atoms with van der Waals surface area (Å²) in [4.78, 5) is 26.6. The second kappa shape index (κ2) is 5.14. The Morgan fingerprint density at radius 3 is 2.44 bits per heavy atom. The minimum Gasteiger partial charge on any atom is -0.481 e. The molecular formula is C12H20N2O4. The van der Waals surface area contributed by atoms with Crippen molar-refractivity contribution in [3.8, 4) is 0 Å². The number of aliphatic hydroxyl groups excluding tert-OH is 1. The summed E-state index contributed by atoms with van der Waals surface area (Å²) in [6, 6.07) is -0.0819. The highest BCUT2D eigenvalue weighted by Crippen LogP contribution is 2.26. The molecule has 2 aliphatic heterocycles. The zero-order valence-corrected chi connectivity index (χ0v) is 10.6. The van der Waals surface area contributed by atoms with Gasteiger partial charge in [0, 0.05) is 38.7 Å². The van der Waals surface area contributed by atoms with Crippen molar-refractivity contribution in [3.63, 3.8) is 0 Å². The number of rotatable bonds is 2. The molecule has 3 atom stereocenters. The van der Waals surface area contributed by atoms with Crippen molar-refractivity contribution < 1.29 is 19.8 Å². The minimum absolute atomic E-state index is 0.00249. The summed E-state index contributed by atoms with van der Waals surface area (Å²) in [7, 11) is 0. The van der Waals surface area contributed by atoms with Crippen LogP contribution in [0, 0.1) is 17.8 Å². The maximum Gasteiger partial charge on any atom is 0.320 e. The van der Waals surface area contributed by atoms with Gasteiger partial charge in [-0.15, -0.1) is 0 Å². The average Bonchev–Trinajstić information content (AvgIpc) is 2.94. The topological polar surface area (TPSA) is 81.1 Å². The molecule has 102 valence electrons. The highest BCUT2D eigenvalue weighted by atomic mass is 16.4. The number of carboxylic acids is 1. The van der Waals surface area contributed by atoms with E-state index in [1.807, 2.05) is 6.92 Å². The van der Waals surface area contributed by atoms with Crippen molar-refractivity contribution in [1.29, 1.82) is 0 Å². The molecular weight excluding hydrogens is 236 g/mol. The standard InChI is InChI=1S/C12H20N2O4/c1-8-4-14(6-10(8)11(16)17)12(18)13-3-2-9(5-13)7-15/h8-10,15H,2-7H2,1H3,(H,16,17). The third kappa shape index (κ3) is 2.43. The second-order valence-corrected chi connectivity index (χ2v) is 5.39. The van der Waals surface area contributed by atoms with Crippen molar-refractivity contribution in [3.05, 3.63) is 0 Å². The molecule has 18 heavy (non-hydrogen) atoms. The van der Waals surface area contributed by atoms with Gasteiger partial charge in [-0.25, -0.2) is 4.79 Å². The highest BCUT2D eigenvalue weighted by molar-refractivity contribution is 5.78. The first-order valence-electron chi connectivity index (χ1n) is 6.40. The van der Waals surface area contributed by atoms with E-state index in [0.29, 0.717) is 26.2 Å². The third-order valence-electron chi connectivity index (χ3n) is 4.01. The van der Waals surface area contributed by atoms with E-state index >= 15 is 0 Å². The Bertz CT molecular complexity index is 347. The van der Waals surface area contributed by atoms with Crippen LogP contribution in [0.4, 0.5) is 4.79 Å². The molecule has 2 heterocycles. The van der Waals surface area contributed by atoms with Crippen LogP contribution in [0.3, 0.4) is 0 Å². The van der Waals surface area contributed by atoms with Gasteiger partial charge < -0.3 is 20.0 Å². The number of carbonyl (C=O) groups excluding carboxylic acids is 1. The molecule has 0 radical (unpaired) electrons. The van der Waals surface area contributed by atoms with Crippen molar-refractivity contribution in [2.45, 2.75) is 13.3 Å². The smallest absolute Gasteiger partial charge is 0.320 e. The largest absolute Gasteiger partial charge is 0.481 e. The number of carbonyl (C=O) groups is 2. The second-order valence-electron chi connectivity index (χ2n) is 5.39. The van der Waals surface area contributed by atoms with Crippen molar-refractivity contribution >= 4 is 12.0 Å². The van der Waals surface area contributed by atoms with E-state index in [9.17, 15) is 9.59 Å². The molecule has 0 aromatic carbocycles. The lowest BCUT2D eigenvalue weighted by Gasteiger charge is -2.24. The number of aliphatic hydroxyl groups is 1. The van der Waals surface area contributed by atoms with E-state index in [1.54, 1.807) is 9.80 Å². The number of likely N-dealkylation sites (tertiary alicyclic amines) is 2. The van der Waals surface area contributed by atoms with Gasteiger partial charge >= 0.3 is 12.0 Å². The van der Waals surface area contributed by atoms with E-state index in [2.05, 4.69) is 0 Å². The van der Waals surface area contributed by atoms with Crippen LogP contribution >= 0.6 is 0 Å². The molecule has 0 bridgehead atoms. The number of carboxylic acid groups (broad SMARTS) is 1. The minimum atomic E-state index is -0.826. The third-order valence-corrected chi connectivity index (χ3v) is 4.01. The molecule has 2 N–H and O–H groups in total. The fourth-order valence-electron chi connectivity index (χ4n) is 2.80. The van der Waals surface area contributed by atoms with E-state index in [4.69, 9.17) is 10.2 Å². The van der Waals surface area contributed by atoms with Crippen LogP contribution in [0.25, 0.3) is 0 Å². The first kappa shape index (κ1) is 13.1. The highest BCUT2D eigenvalue weighted by Gasteiger charge is 2.39. The van der Waals surface area contributed by atoms with Crippen LogP contribution in [0.5, 0.6) is 0 Å². The normalized spacial score (nSPS) is 32.0. The number of hydrogen-bond acceptors (Lipinski definition) is 3. The van der Waals surface area contributed by atoms with E-state index in [1.165, 1.54) is 0 Å². The molecule has 0 aromatic heterocycles. The molecule has 0 saturated carbocycles. The Hall–Kier alpha value is -1.30. The lowest BCUT2D eigenvalue weighted by Crippen LogP contribution is -2.41. The summed E-state index contributed by atoms with van der Waals surface area (Å²) in [5, 5.41) is 18.1. The van der Waals surface area contributed by atoms with Gasteiger partial charge in [0.2, 0.25) is 0 Å². The molecule has 0 aliphatic carbocycles. The van der Waals surface area contributed by atoms with Gasteiger partial charge in [0.1, 0.15) is 0 Å². The summed E-state index contributed by atoms with van der Waals surface area (Å²) in [5.74, 6) is -1.11. The van der Waals surface area contributed by atoms with Crippen molar-refractivity contribution in [2.75, 3.05) is 32.8 Å². The summed E-state index contributed by atoms with van der Waals surface area (Å²) >= 11 is 0. The monoisotopic (exact) mass is 256 g/mol. The predicted octanol–water partition coefficient (Wildman–Crippen LogP) is 0.0731. The van der Waals surface area contributed by atoms with Crippen LogP contribution in [0.15, 0.2) is 0 Å². The fraction of sp³-hybridized carbons (Fsp3) is 0.833. The van der Waals surface area contributed by atoms with Crippen LogP contribution in [0.1, 0.15) is 13.3 Å². The van der Waals surface area contributed by atoms with Gasteiger partial charge in [0.05, 0.1) is 5.92 Å². The fourth-order valence-corrected chi connectivity index (χ4v) is 2.80. The van der Waals surface area contributed by atoms with Crippen LogP contribution in [0.2, 0.25) is 0 Å². The van der Waals surface area contributed by atoms with Crippen molar-refractivity contribution in [2.24, 2.45) is 17.8 Å². The Morgan fingerprint density at radius 2 is 1.94 bits per heavy atom. The molecule has 6 heteroatoms. The molecule has 3 unspecified atom stereocenters. The van der Waals surface area contributed by atoms with Gasteiger partial charge in [-0.2, -0.15) is 0 Å². The molecule has 2 fully saturated rings. The zero-order valence-electron chi connectivity index (χ0n) is 10.6. The van der Waals surface area contributed by atoms with E-state index in [-0.39, 0.29) is 24.5 Å². The summed E-state index contributed by atoms with van der Waals surface area (Å²) in [6.07, 6.45) is 0.827. The van der Waals surface area contributed by atoms with E-state index in [0.717, 1.165) is 6.42 Å². The van der Waals surface area contributed by atoms with Crippen LogP contribution in [-0.2, 0) is 4.79 Å². The number of amides is 2. The van der Waals surface area contributed by atoms with Crippen LogP contribution < -0.4 is 0 Å². The maximum absolute atomic E-state index is 12.2. The first-order valence-corrected chi connectivity index (χ1v) is 6.40. The van der Waals surface area contributed by atoms with Crippen LogP contribution in [-0.4, -0.2) is 64.8 Å². The maximum atomic E-state index is 12.2. The van der Waals surface area contributed by atoms with Gasteiger partial charge in [-0.1, -0.05) is 6.92 Å². The summed E-state index contributed by atoms with van der Waals surface area (Å²) in [5.41, 5.74) is 0. The Labute approximate surface area is 106 Å². The van der Waals surface area contributed by atoms with Gasteiger partial charge in [0.25, 0.3) is 0 Å².